The average Bonchev–Trinajstić information content (AvgIpc) is 3.52. The number of hydrogen-bond donors (Lipinski definition) is 3. The second kappa shape index (κ2) is 12.7. The smallest absolute Gasteiger partial charge is 0.233 e. The number of hydrogen-bond acceptors (Lipinski definition) is 10. The maximum atomic E-state index is 6.36. The van der Waals surface area contributed by atoms with Crippen LogP contribution in [0.3, 0.4) is 0 Å². The molecule has 11 heteroatoms. The Kier molecular flexibility index (Phi) is 8.19. The van der Waals surface area contributed by atoms with Crippen molar-refractivity contribution in [2.45, 2.75) is 12.5 Å². The molecule has 5 aromatic rings. The SMILES string of the molecule is COc1ccc(Nc2nc(Nc3ccc(OC)cc3)nc(Nc3ccc(C4=NOC(c5ccccc5Cl)C4)cc3)n2)cc1. The molecule has 0 saturated carbocycles. The second-order valence-corrected chi connectivity index (χ2v) is 9.98. The van der Waals surface area contributed by atoms with Crippen LogP contribution in [-0.2, 0) is 4.84 Å². The van der Waals surface area contributed by atoms with Gasteiger partial charge in [-0.2, -0.15) is 15.0 Å². The summed E-state index contributed by atoms with van der Waals surface area (Å²) in [6.07, 6.45) is 0.421. The van der Waals surface area contributed by atoms with Crippen molar-refractivity contribution in [2.24, 2.45) is 5.16 Å². The molecule has 0 saturated heterocycles. The fourth-order valence-electron chi connectivity index (χ4n) is 4.48. The van der Waals surface area contributed by atoms with E-state index in [1.54, 1.807) is 14.2 Å². The van der Waals surface area contributed by atoms with Gasteiger partial charge in [0.2, 0.25) is 17.8 Å². The minimum atomic E-state index is -0.208. The zero-order valence-electron chi connectivity index (χ0n) is 23.4. The molecule has 0 bridgehead atoms. The quantitative estimate of drug-likeness (QED) is 0.150. The largest absolute Gasteiger partial charge is 0.497 e. The number of oxime groups is 1. The van der Waals surface area contributed by atoms with Gasteiger partial charge >= 0.3 is 0 Å². The van der Waals surface area contributed by atoms with Crippen LogP contribution in [0.2, 0.25) is 5.02 Å². The number of aromatic nitrogens is 3. The van der Waals surface area contributed by atoms with E-state index in [4.69, 9.17) is 25.9 Å². The van der Waals surface area contributed by atoms with E-state index >= 15 is 0 Å². The first-order valence-electron chi connectivity index (χ1n) is 13.5. The molecule has 3 N–H and O–H groups in total. The Hall–Kier alpha value is -5.35. The summed E-state index contributed by atoms with van der Waals surface area (Å²) < 4.78 is 10.5. The van der Waals surface area contributed by atoms with Crippen LogP contribution < -0.4 is 25.4 Å². The van der Waals surface area contributed by atoms with Gasteiger partial charge in [0.25, 0.3) is 0 Å². The van der Waals surface area contributed by atoms with Gasteiger partial charge in [-0.05, 0) is 72.3 Å². The van der Waals surface area contributed by atoms with Crippen molar-refractivity contribution in [1.29, 1.82) is 0 Å². The lowest BCUT2D eigenvalue weighted by atomic mass is 10.00. The highest BCUT2D eigenvalue weighted by molar-refractivity contribution is 6.31. The number of nitrogens with one attached hydrogen (secondary N) is 3. The fourth-order valence-corrected chi connectivity index (χ4v) is 4.73. The van der Waals surface area contributed by atoms with Crippen molar-refractivity contribution in [3.63, 3.8) is 0 Å². The second-order valence-electron chi connectivity index (χ2n) is 9.57. The third kappa shape index (κ3) is 6.77. The highest BCUT2D eigenvalue weighted by atomic mass is 35.5. The molecule has 0 aliphatic carbocycles. The van der Waals surface area contributed by atoms with Crippen LogP contribution in [0.5, 0.6) is 11.5 Å². The molecule has 0 radical (unpaired) electrons. The van der Waals surface area contributed by atoms with Crippen LogP contribution in [0.4, 0.5) is 34.9 Å². The van der Waals surface area contributed by atoms with Crippen molar-refractivity contribution in [2.75, 3.05) is 30.2 Å². The van der Waals surface area contributed by atoms with Gasteiger partial charge in [0.05, 0.1) is 19.9 Å². The van der Waals surface area contributed by atoms with Crippen molar-refractivity contribution in [3.05, 3.63) is 113 Å². The fraction of sp³-hybridized carbons (Fsp3) is 0.125. The van der Waals surface area contributed by atoms with E-state index in [-0.39, 0.29) is 6.10 Å². The Bertz CT molecular complexity index is 1660. The number of benzene rings is 4. The number of halogens is 1. The Morgan fingerprint density at radius 2 is 1.12 bits per heavy atom. The Balaban J connectivity index is 1.20. The first kappa shape index (κ1) is 27.8. The van der Waals surface area contributed by atoms with Gasteiger partial charge in [0.15, 0.2) is 6.10 Å². The lowest BCUT2D eigenvalue weighted by molar-refractivity contribution is 0.0858. The molecule has 43 heavy (non-hydrogen) atoms. The minimum absolute atomic E-state index is 0.208. The number of methoxy groups -OCH3 is 2. The van der Waals surface area contributed by atoms with Crippen LogP contribution in [-0.4, -0.2) is 34.9 Å². The standard InChI is InChI=1S/C32H28ClN7O3/c1-41-24-15-11-22(12-16-24)35-31-37-30(38-32(39-31)36-23-13-17-25(42-2)18-14-23)34-21-9-7-20(8-10-21)28-19-29(43-40-28)26-5-3-4-6-27(26)33/h3-18,29H,19H2,1-2H3,(H3,34,35,36,37,38,39). The molecule has 2 heterocycles. The van der Waals surface area contributed by atoms with Crippen LogP contribution in [0, 0.1) is 0 Å². The normalized spacial score (nSPS) is 13.9. The lowest BCUT2D eigenvalue weighted by Crippen LogP contribution is -2.07. The van der Waals surface area contributed by atoms with Gasteiger partial charge in [-0.3, -0.25) is 0 Å². The minimum Gasteiger partial charge on any atom is -0.497 e. The van der Waals surface area contributed by atoms with Crippen LogP contribution in [0.15, 0.2) is 102 Å². The van der Waals surface area contributed by atoms with Gasteiger partial charge in [-0.1, -0.05) is 47.1 Å². The first-order chi connectivity index (χ1) is 21.1. The number of rotatable bonds is 10. The predicted octanol–water partition coefficient (Wildman–Crippen LogP) is 7.64. The van der Waals surface area contributed by atoms with Gasteiger partial charge in [0, 0.05) is 34.1 Å². The summed E-state index contributed by atoms with van der Waals surface area (Å²) in [4.78, 5) is 19.5. The molecule has 0 amide bonds. The van der Waals surface area contributed by atoms with Crippen molar-refractivity contribution in [3.8, 4) is 11.5 Å². The van der Waals surface area contributed by atoms with Crippen LogP contribution >= 0.6 is 11.6 Å². The Labute approximate surface area is 253 Å². The summed E-state index contributed by atoms with van der Waals surface area (Å²) in [5.74, 6) is 2.58. The maximum absolute atomic E-state index is 6.36. The van der Waals surface area contributed by atoms with E-state index in [0.29, 0.717) is 29.3 Å². The highest BCUT2D eigenvalue weighted by Crippen LogP contribution is 2.34. The summed E-state index contributed by atoms with van der Waals surface area (Å²) in [6.45, 7) is 0. The van der Waals surface area contributed by atoms with E-state index in [2.05, 4.69) is 36.1 Å². The maximum Gasteiger partial charge on any atom is 0.233 e. The molecule has 1 aliphatic heterocycles. The third-order valence-corrected chi connectivity index (χ3v) is 7.07. The zero-order chi connectivity index (χ0) is 29.6. The van der Waals surface area contributed by atoms with Crippen molar-refractivity contribution >= 4 is 52.2 Å². The highest BCUT2D eigenvalue weighted by Gasteiger charge is 2.25. The summed E-state index contributed by atoms with van der Waals surface area (Å²) in [5.41, 5.74) is 5.13. The van der Waals surface area contributed by atoms with Gasteiger partial charge < -0.3 is 30.3 Å². The predicted molar refractivity (Wildman–Crippen MR) is 169 cm³/mol. The van der Waals surface area contributed by atoms with Crippen molar-refractivity contribution < 1.29 is 14.3 Å². The van der Waals surface area contributed by atoms with Crippen molar-refractivity contribution in [1.82, 2.24) is 15.0 Å². The monoisotopic (exact) mass is 593 g/mol. The summed E-state index contributed by atoms with van der Waals surface area (Å²) in [6, 6.07) is 30.5. The first-order valence-corrected chi connectivity index (χ1v) is 13.9. The average molecular weight is 594 g/mol. The molecular weight excluding hydrogens is 566 g/mol. The molecule has 10 nitrogen and oxygen atoms in total. The number of anilines is 6. The van der Waals surface area contributed by atoms with Crippen LogP contribution in [0.1, 0.15) is 23.7 Å². The third-order valence-electron chi connectivity index (χ3n) is 6.72. The van der Waals surface area contributed by atoms with E-state index < -0.39 is 0 Å². The zero-order valence-corrected chi connectivity index (χ0v) is 24.2. The Morgan fingerprint density at radius 1 is 0.651 bits per heavy atom. The topological polar surface area (TPSA) is 115 Å². The Morgan fingerprint density at radius 3 is 1.58 bits per heavy atom. The molecule has 1 aromatic heterocycles. The van der Waals surface area contributed by atoms with E-state index in [0.717, 1.165) is 45.4 Å². The molecule has 4 aromatic carbocycles. The lowest BCUT2D eigenvalue weighted by Gasteiger charge is -2.12. The van der Waals surface area contributed by atoms with E-state index in [1.165, 1.54) is 0 Å². The summed E-state index contributed by atoms with van der Waals surface area (Å²) in [7, 11) is 3.25. The molecule has 1 atom stereocenters. The van der Waals surface area contributed by atoms with Gasteiger partial charge in [-0.15, -0.1) is 0 Å². The molecular formula is C32H28ClN7O3. The summed E-state index contributed by atoms with van der Waals surface area (Å²) >= 11 is 6.36. The van der Waals surface area contributed by atoms with Gasteiger partial charge in [-0.25, -0.2) is 0 Å². The van der Waals surface area contributed by atoms with Crippen LogP contribution in [0.25, 0.3) is 0 Å². The van der Waals surface area contributed by atoms with E-state index in [1.807, 2.05) is 97.1 Å². The number of ether oxygens (including phenoxy) is 2. The molecule has 216 valence electrons. The molecule has 1 aliphatic rings. The van der Waals surface area contributed by atoms with Gasteiger partial charge in [0.1, 0.15) is 11.5 Å². The molecule has 0 spiro atoms. The molecule has 0 fully saturated rings. The molecule has 6 rings (SSSR count). The molecule has 1 unspecified atom stereocenters. The van der Waals surface area contributed by atoms with E-state index in [9.17, 15) is 0 Å². The number of nitrogens with zero attached hydrogens (tertiary/aromatic N) is 4. The summed E-state index contributed by atoms with van der Waals surface area (Å²) in [5, 5.41) is 14.7.